The molecule has 10 heteroatoms. The fraction of sp³-hybridized carbons (Fsp3) is 0.455. The summed E-state index contributed by atoms with van der Waals surface area (Å²) >= 11 is 0. The Morgan fingerprint density at radius 3 is 2.77 bits per heavy atom. The molecule has 0 radical (unpaired) electrons. The number of aryl methyl sites for hydroxylation is 1. The van der Waals surface area contributed by atoms with Crippen LogP contribution in [0, 0.1) is 19.8 Å². The van der Waals surface area contributed by atoms with E-state index in [1.165, 1.54) is 12.8 Å². The lowest BCUT2D eigenvalue weighted by molar-refractivity contribution is -0.137. The molecule has 3 aromatic rings. The lowest BCUT2D eigenvalue weighted by atomic mass is 9.84. The number of hydrogen-bond donors (Lipinski definition) is 3. The predicted octanol–water partition coefficient (Wildman–Crippen LogP) is 4.87. The minimum Gasteiger partial charge on any atom is -0.481 e. The van der Waals surface area contributed by atoms with Crippen molar-refractivity contribution in [3.8, 4) is 0 Å². The number of carboxylic acid groups (broad SMARTS) is 1. The number of nitrogen functional groups attached to an aromatic ring is 1. The van der Waals surface area contributed by atoms with Crippen molar-refractivity contribution in [3.05, 3.63) is 76.5 Å². The Morgan fingerprint density at radius 2 is 2.02 bits per heavy atom. The number of nitrogens with two attached hydrogens (primary N) is 2. The molecule has 5 N–H and O–H groups in total. The van der Waals surface area contributed by atoms with E-state index in [1.807, 2.05) is 43.3 Å². The zero-order valence-electron chi connectivity index (χ0n) is 25.3. The molecule has 3 unspecified atom stereocenters. The molecule has 228 valence electrons. The molecule has 43 heavy (non-hydrogen) atoms. The largest absolute Gasteiger partial charge is 0.481 e. The van der Waals surface area contributed by atoms with Gasteiger partial charge in [-0.05, 0) is 98.4 Å². The first-order valence-electron chi connectivity index (χ1n) is 15.2. The van der Waals surface area contributed by atoms with Gasteiger partial charge in [0.25, 0.3) is 0 Å². The summed E-state index contributed by atoms with van der Waals surface area (Å²) in [7, 11) is -1.39. The fourth-order valence-corrected chi connectivity index (χ4v) is 8.29. The topological polar surface area (TPSA) is 129 Å². The summed E-state index contributed by atoms with van der Waals surface area (Å²) in [5, 5.41) is 11.7. The molecule has 1 saturated heterocycles. The first kappa shape index (κ1) is 29.6. The van der Waals surface area contributed by atoms with E-state index in [0.717, 1.165) is 70.1 Å². The summed E-state index contributed by atoms with van der Waals surface area (Å²) in [6.45, 7) is 9.03. The van der Waals surface area contributed by atoms with Crippen LogP contribution in [0.1, 0.15) is 72.8 Å². The van der Waals surface area contributed by atoms with Crippen molar-refractivity contribution in [2.75, 3.05) is 35.3 Å². The van der Waals surface area contributed by atoms with Crippen LogP contribution >= 0.6 is 0 Å². The summed E-state index contributed by atoms with van der Waals surface area (Å²) in [5.74, 6) is 6.52. The first-order valence-corrected chi connectivity index (χ1v) is 16.3. The molecule has 3 aliphatic rings. The monoisotopic (exact) mass is 602 g/mol. The highest BCUT2D eigenvalue weighted by Crippen LogP contribution is 2.42. The van der Waals surface area contributed by atoms with Crippen LogP contribution in [0.15, 0.2) is 53.6 Å². The molecule has 0 spiro atoms. The highest BCUT2D eigenvalue weighted by Gasteiger charge is 2.44. The number of pyridine rings is 1. The number of aliphatic carboxylic acids is 1. The Bertz CT molecular complexity index is 1580. The molecule has 1 aromatic heterocycles. The Labute approximate surface area is 256 Å². The van der Waals surface area contributed by atoms with Crippen molar-refractivity contribution in [1.29, 1.82) is 0 Å². The number of fused-ring (bicyclic) bond motifs is 3. The summed E-state index contributed by atoms with van der Waals surface area (Å²) in [6.07, 6.45) is 6.16. The summed E-state index contributed by atoms with van der Waals surface area (Å²) in [6, 6.07) is 13.8. The molecule has 6 rings (SSSR count). The van der Waals surface area contributed by atoms with Gasteiger partial charge in [0.2, 0.25) is 0 Å². The molecule has 2 fully saturated rings. The predicted molar refractivity (Wildman–Crippen MR) is 171 cm³/mol. The Balaban J connectivity index is 1.34. The van der Waals surface area contributed by atoms with Crippen molar-refractivity contribution in [2.24, 2.45) is 11.8 Å². The van der Waals surface area contributed by atoms with Gasteiger partial charge in [-0.15, -0.1) is 0 Å². The second kappa shape index (κ2) is 11.6. The maximum Gasteiger partial charge on any atom is 0.304 e. The molecular formula is C33H42N6O3S. The summed E-state index contributed by atoms with van der Waals surface area (Å²) in [4.78, 5) is 19.9. The van der Waals surface area contributed by atoms with Crippen LogP contribution in [0.25, 0.3) is 0 Å². The van der Waals surface area contributed by atoms with Gasteiger partial charge in [-0.2, -0.15) is 0 Å². The lowest BCUT2D eigenvalue weighted by Crippen LogP contribution is -2.48. The molecule has 3 atom stereocenters. The number of rotatable bonds is 9. The molecule has 1 aliphatic carbocycles. The zero-order chi connectivity index (χ0) is 30.5. The van der Waals surface area contributed by atoms with Crippen LogP contribution in [0.4, 0.5) is 17.2 Å². The number of hydrazine groups is 1. The molecule has 1 saturated carbocycles. The van der Waals surface area contributed by atoms with Crippen LogP contribution in [0.3, 0.4) is 0 Å². The molecule has 9 nitrogen and oxygen atoms in total. The van der Waals surface area contributed by atoms with Crippen molar-refractivity contribution in [2.45, 2.75) is 75.8 Å². The Hall–Kier alpha value is -3.47. The van der Waals surface area contributed by atoms with Crippen molar-refractivity contribution >= 4 is 34.1 Å². The number of benzene rings is 2. The minimum absolute atomic E-state index is 0.0712. The Morgan fingerprint density at radius 1 is 1.23 bits per heavy atom. The zero-order valence-corrected chi connectivity index (χ0v) is 26.1. The van der Waals surface area contributed by atoms with Gasteiger partial charge in [-0.25, -0.2) is 19.3 Å². The van der Waals surface area contributed by atoms with E-state index in [4.69, 9.17) is 11.6 Å². The highest BCUT2D eigenvalue weighted by atomic mass is 32.2. The van der Waals surface area contributed by atoms with E-state index < -0.39 is 22.9 Å². The summed E-state index contributed by atoms with van der Waals surface area (Å²) < 4.78 is 16.1. The standard InChI is InChI=1S/C33H42N6O3S/c1-21-7-10-24(27(17-30(40)41)26-11-12-28(31(34)22(26)2)39(35)18-23-8-9-23)16-25(21)19-37-20-33(3)13-5-15-38(33)32-29(43(37)42)6-4-14-36-32/h4,6-7,10-12,14,16,23,27H,5,8-9,13,15,17-20,34-35H2,1-3H3,(H,40,41). The molecule has 3 heterocycles. The van der Waals surface area contributed by atoms with Gasteiger partial charge in [-0.1, -0.05) is 24.3 Å². The SMILES string of the molecule is Cc1ccc(C(CC(=O)O)c2ccc(N(N)CC3CC3)c(N)c2C)cc1CN1CC2(C)CCCN2c2ncccc2S1=O. The van der Waals surface area contributed by atoms with Crippen LogP contribution in [0.2, 0.25) is 0 Å². The maximum absolute atomic E-state index is 14.0. The van der Waals surface area contributed by atoms with Gasteiger partial charge < -0.3 is 20.7 Å². The third kappa shape index (κ3) is 5.75. The van der Waals surface area contributed by atoms with E-state index in [2.05, 4.69) is 34.1 Å². The van der Waals surface area contributed by atoms with E-state index in [-0.39, 0.29) is 12.0 Å². The van der Waals surface area contributed by atoms with Gasteiger partial charge in [0.1, 0.15) is 16.8 Å². The van der Waals surface area contributed by atoms with Crippen molar-refractivity contribution < 1.29 is 14.1 Å². The van der Waals surface area contributed by atoms with Gasteiger partial charge in [0.15, 0.2) is 0 Å². The third-order valence-corrected chi connectivity index (χ3v) is 11.0. The van der Waals surface area contributed by atoms with Gasteiger partial charge >= 0.3 is 5.97 Å². The first-order chi connectivity index (χ1) is 20.6. The molecule has 0 bridgehead atoms. The fourth-order valence-electron chi connectivity index (χ4n) is 6.85. The molecule has 2 aromatic carbocycles. The van der Waals surface area contributed by atoms with E-state index >= 15 is 0 Å². The molecule has 0 amide bonds. The molecular weight excluding hydrogens is 560 g/mol. The Kier molecular flexibility index (Phi) is 7.95. The van der Waals surface area contributed by atoms with Crippen LogP contribution in [0.5, 0.6) is 0 Å². The third-order valence-electron chi connectivity index (χ3n) is 9.57. The number of nitrogens with zero attached hydrogens (tertiary/aromatic N) is 4. The summed E-state index contributed by atoms with van der Waals surface area (Å²) in [5.41, 5.74) is 12.5. The average molecular weight is 603 g/mol. The second-order valence-corrected chi connectivity index (χ2v) is 14.2. The van der Waals surface area contributed by atoms with E-state index in [9.17, 15) is 14.1 Å². The highest BCUT2D eigenvalue weighted by molar-refractivity contribution is 7.82. The quantitative estimate of drug-likeness (QED) is 0.180. The lowest BCUT2D eigenvalue weighted by Gasteiger charge is -2.36. The number of anilines is 3. The van der Waals surface area contributed by atoms with E-state index in [0.29, 0.717) is 24.7 Å². The van der Waals surface area contributed by atoms with Crippen molar-refractivity contribution in [1.82, 2.24) is 9.29 Å². The van der Waals surface area contributed by atoms with Gasteiger partial charge in [-0.3, -0.25) is 4.79 Å². The number of carbonyl (C=O) groups is 1. The number of carboxylic acids is 1. The van der Waals surface area contributed by atoms with Crippen LogP contribution < -0.4 is 21.5 Å². The minimum atomic E-state index is -1.39. The van der Waals surface area contributed by atoms with Gasteiger partial charge in [0.05, 0.1) is 28.2 Å². The van der Waals surface area contributed by atoms with Crippen LogP contribution in [-0.4, -0.2) is 49.7 Å². The van der Waals surface area contributed by atoms with Crippen LogP contribution in [-0.2, 0) is 22.3 Å². The average Bonchev–Trinajstić information content (AvgIpc) is 3.72. The smallest absolute Gasteiger partial charge is 0.304 e. The van der Waals surface area contributed by atoms with E-state index in [1.54, 1.807) is 11.2 Å². The second-order valence-electron chi connectivity index (χ2n) is 12.8. The maximum atomic E-state index is 14.0. The number of aromatic nitrogens is 1. The number of hydrogen-bond acceptors (Lipinski definition) is 7. The van der Waals surface area contributed by atoms with Crippen molar-refractivity contribution in [3.63, 3.8) is 0 Å². The normalized spacial score (nSPS) is 22.5. The molecule has 2 aliphatic heterocycles. The van der Waals surface area contributed by atoms with Gasteiger partial charge in [0, 0.05) is 38.3 Å².